The molecule has 0 aliphatic heterocycles. The minimum atomic E-state index is -0.393. The molecule has 0 heterocycles. The van der Waals surface area contributed by atoms with Gasteiger partial charge in [0.1, 0.15) is 5.82 Å². The Morgan fingerprint density at radius 3 is 2.61 bits per heavy atom. The molecule has 0 saturated heterocycles. The predicted molar refractivity (Wildman–Crippen MR) is 75.7 cm³/mol. The van der Waals surface area contributed by atoms with Crippen molar-refractivity contribution in [3.8, 4) is 0 Å². The van der Waals surface area contributed by atoms with Crippen LogP contribution in [0.25, 0.3) is 0 Å². The van der Waals surface area contributed by atoms with Gasteiger partial charge >= 0.3 is 0 Å². The number of anilines is 2. The number of rotatable bonds is 3. The Kier molecular flexibility index (Phi) is 4.33. The van der Waals surface area contributed by atoms with E-state index >= 15 is 0 Å². The summed E-state index contributed by atoms with van der Waals surface area (Å²) in [6.45, 7) is 2.93. The Bertz CT molecular complexity index is 417. The van der Waals surface area contributed by atoms with Crippen molar-refractivity contribution in [1.29, 1.82) is 0 Å². The van der Waals surface area contributed by atoms with E-state index in [2.05, 4.69) is 11.8 Å². The first-order chi connectivity index (χ1) is 8.63. The zero-order valence-corrected chi connectivity index (χ0v) is 11.5. The third kappa shape index (κ3) is 2.72. The molecule has 2 N–H and O–H groups in total. The maximum Gasteiger partial charge on any atom is 0.144 e. The van der Waals surface area contributed by atoms with Crippen LogP contribution < -0.4 is 10.6 Å². The summed E-state index contributed by atoms with van der Waals surface area (Å²) in [4.78, 5) is 2.22. The molecule has 1 fully saturated rings. The highest BCUT2D eigenvalue weighted by Gasteiger charge is 2.22. The lowest BCUT2D eigenvalue weighted by atomic mass is 9.93. The van der Waals surface area contributed by atoms with E-state index < -0.39 is 5.82 Å². The average molecular weight is 271 g/mol. The highest BCUT2D eigenvalue weighted by molar-refractivity contribution is 6.31. The highest BCUT2D eigenvalue weighted by atomic mass is 35.5. The van der Waals surface area contributed by atoms with Crippen molar-refractivity contribution < 1.29 is 4.39 Å². The topological polar surface area (TPSA) is 29.3 Å². The monoisotopic (exact) mass is 270 g/mol. The second-order valence-corrected chi connectivity index (χ2v) is 5.31. The lowest BCUT2D eigenvalue weighted by Crippen LogP contribution is -2.37. The summed E-state index contributed by atoms with van der Waals surface area (Å²) in [6, 6.07) is 3.46. The van der Waals surface area contributed by atoms with Gasteiger partial charge in [0, 0.05) is 18.7 Å². The Morgan fingerprint density at radius 2 is 2.00 bits per heavy atom. The number of nitrogen functional groups attached to an aromatic ring is 1. The molecule has 2 rings (SSSR count). The van der Waals surface area contributed by atoms with Gasteiger partial charge in [-0.2, -0.15) is 0 Å². The van der Waals surface area contributed by atoms with Crippen LogP contribution in [0.5, 0.6) is 0 Å². The number of hydrogen-bond acceptors (Lipinski definition) is 2. The number of nitrogens with two attached hydrogens (primary N) is 1. The van der Waals surface area contributed by atoms with Crippen LogP contribution in [0.15, 0.2) is 12.1 Å². The van der Waals surface area contributed by atoms with Crippen LogP contribution in [0.1, 0.15) is 39.0 Å². The smallest absolute Gasteiger partial charge is 0.144 e. The molecule has 0 aromatic heterocycles. The van der Waals surface area contributed by atoms with Gasteiger partial charge in [-0.3, -0.25) is 0 Å². The van der Waals surface area contributed by atoms with E-state index in [1.165, 1.54) is 31.4 Å². The lowest BCUT2D eigenvalue weighted by Gasteiger charge is -2.36. The number of hydrogen-bond donors (Lipinski definition) is 1. The molecule has 1 aromatic rings. The molecule has 1 aliphatic rings. The fraction of sp³-hybridized carbons (Fsp3) is 0.571. The van der Waals surface area contributed by atoms with Crippen LogP contribution in [0.2, 0.25) is 5.02 Å². The van der Waals surface area contributed by atoms with E-state index in [1.807, 2.05) is 0 Å². The standard InChI is InChI=1S/C14H20ClFN2/c1-2-18(10-6-4-3-5-7-10)14-9-12(16)11(15)8-13(14)17/h8-10H,2-7,17H2,1H3. The summed E-state index contributed by atoms with van der Waals surface area (Å²) in [5, 5.41) is 0.0935. The summed E-state index contributed by atoms with van der Waals surface area (Å²) in [5.41, 5.74) is 7.33. The molecule has 2 nitrogen and oxygen atoms in total. The van der Waals surface area contributed by atoms with Gasteiger partial charge < -0.3 is 10.6 Å². The van der Waals surface area contributed by atoms with Gasteiger partial charge in [-0.05, 0) is 25.8 Å². The molecule has 1 saturated carbocycles. The fourth-order valence-electron chi connectivity index (χ4n) is 2.82. The molecule has 0 amide bonds. The second kappa shape index (κ2) is 5.79. The van der Waals surface area contributed by atoms with Gasteiger partial charge in [0.25, 0.3) is 0 Å². The summed E-state index contributed by atoms with van der Waals surface area (Å²) in [7, 11) is 0. The molecule has 0 bridgehead atoms. The summed E-state index contributed by atoms with van der Waals surface area (Å²) >= 11 is 5.75. The van der Waals surface area contributed by atoms with Gasteiger partial charge in [0.05, 0.1) is 16.4 Å². The molecule has 4 heteroatoms. The zero-order chi connectivity index (χ0) is 13.1. The first-order valence-electron chi connectivity index (χ1n) is 6.64. The van der Waals surface area contributed by atoms with Crippen LogP contribution in [-0.4, -0.2) is 12.6 Å². The normalized spacial score (nSPS) is 16.8. The Balaban J connectivity index is 2.28. The van der Waals surface area contributed by atoms with Gasteiger partial charge in [-0.1, -0.05) is 30.9 Å². The first-order valence-corrected chi connectivity index (χ1v) is 7.02. The highest BCUT2D eigenvalue weighted by Crippen LogP contribution is 2.33. The van der Waals surface area contributed by atoms with Gasteiger partial charge in [0.15, 0.2) is 0 Å². The van der Waals surface area contributed by atoms with E-state index in [4.69, 9.17) is 17.3 Å². The quantitative estimate of drug-likeness (QED) is 0.833. The lowest BCUT2D eigenvalue weighted by molar-refractivity contribution is 0.418. The zero-order valence-electron chi connectivity index (χ0n) is 10.8. The summed E-state index contributed by atoms with van der Waals surface area (Å²) in [6.07, 6.45) is 6.13. The van der Waals surface area contributed by atoms with Crippen molar-refractivity contribution in [2.24, 2.45) is 0 Å². The van der Waals surface area contributed by atoms with Crippen molar-refractivity contribution in [2.45, 2.75) is 45.1 Å². The van der Waals surface area contributed by atoms with Crippen LogP contribution in [0.4, 0.5) is 15.8 Å². The van der Waals surface area contributed by atoms with Gasteiger partial charge in [-0.15, -0.1) is 0 Å². The van der Waals surface area contributed by atoms with Crippen LogP contribution in [0.3, 0.4) is 0 Å². The van der Waals surface area contributed by atoms with Crippen molar-refractivity contribution >= 4 is 23.0 Å². The minimum Gasteiger partial charge on any atom is -0.397 e. The van der Waals surface area contributed by atoms with Crippen LogP contribution >= 0.6 is 11.6 Å². The summed E-state index contributed by atoms with van der Waals surface area (Å²) < 4.78 is 13.6. The first kappa shape index (κ1) is 13.5. The number of halogens is 2. The average Bonchev–Trinajstić information content (AvgIpc) is 2.38. The van der Waals surface area contributed by atoms with Gasteiger partial charge in [-0.25, -0.2) is 4.39 Å². The van der Waals surface area contributed by atoms with E-state index in [0.717, 1.165) is 25.1 Å². The molecule has 0 spiro atoms. The van der Waals surface area contributed by atoms with Gasteiger partial charge in [0.2, 0.25) is 0 Å². The third-order valence-electron chi connectivity index (χ3n) is 3.74. The van der Waals surface area contributed by atoms with E-state index in [1.54, 1.807) is 0 Å². The van der Waals surface area contributed by atoms with E-state index in [-0.39, 0.29) is 5.02 Å². The van der Waals surface area contributed by atoms with E-state index in [9.17, 15) is 4.39 Å². The molecule has 0 radical (unpaired) electrons. The number of nitrogens with zero attached hydrogens (tertiary/aromatic N) is 1. The van der Waals surface area contributed by atoms with Crippen molar-refractivity contribution in [3.05, 3.63) is 23.0 Å². The molecule has 1 aromatic carbocycles. The SMILES string of the molecule is CCN(c1cc(F)c(Cl)cc1N)C1CCCCC1. The van der Waals surface area contributed by atoms with Crippen LogP contribution in [0, 0.1) is 5.82 Å². The maximum absolute atomic E-state index is 13.6. The molecule has 0 unspecified atom stereocenters. The van der Waals surface area contributed by atoms with E-state index in [0.29, 0.717) is 11.7 Å². The molecule has 18 heavy (non-hydrogen) atoms. The minimum absolute atomic E-state index is 0.0935. The Morgan fingerprint density at radius 1 is 1.33 bits per heavy atom. The Hall–Kier alpha value is -0.960. The molecule has 1 aliphatic carbocycles. The third-order valence-corrected chi connectivity index (χ3v) is 4.02. The van der Waals surface area contributed by atoms with Crippen LogP contribution in [-0.2, 0) is 0 Å². The maximum atomic E-state index is 13.6. The molecule has 100 valence electrons. The summed E-state index contributed by atoms with van der Waals surface area (Å²) in [5.74, 6) is -0.393. The largest absolute Gasteiger partial charge is 0.397 e. The number of benzene rings is 1. The van der Waals surface area contributed by atoms with Crippen molar-refractivity contribution in [3.63, 3.8) is 0 Å². The Labute approximate surface area is 113 Å². The molecule has 0 atom stereocenters. The fourth-order valence-corrected chi connectivity index (χ4v) is 2.99. The molecular formula is C14H20ClFN2. The predicted octanol–water partition coefficient (Wildman–Crippen LogP) is 4.22. The van der Waals surface area contributed by atoms with Crippen molar-refractivity contribution in [1.82, 2.24) is 0 Å². The van der Waals surface area contributed by atoms with Crippen molar-refractivity contribution in [2.75, 3.05) is 17.2 Å². The second-order valence-electron chi connectivity index (χ2n) is 4.90. The molecular weight excluding hydrogens is 251 g/mol.